The van der Waals surface area contributed by atoms with Gasteiger partial charge in [-0.3, -0.25) is 0 Å². The molecule has 0 aliphatic heterocycles. The third-order valence-electron chi connectivity index (χ3n) is 3.11. The lowest BCUT2D eigenvalue weighted by molar-refractivity contribution is -0.134. The first-order valence-electron chi connectivity index (χ1n) is 7.38. The predicted molar refractivity (Wildman–Crippen MR) is 85.4 cm³/mol. The van der Waals surface area contributed by atoms with Crippen LogP contribution in [0.2, 0.25) is 0 Å². The molecular formula is C17H29NO2. The van der Waals surface area contributed by atoms with Crippen LogP contribution >= 0.6 is 0 Å². The quantitative estimate of drug-likeness (QED) is 0.326. The van der Waals surface area contributed by atoms with Crippen molar-refractivity contribution in [3.05, 3.63) is 37.1 Å². The maximum atomic E-state index is 11.2. The number of methoxy groups -OCH3 is 1. The molecule has 0 heterocycles. The molecule has 0 amide bonds. The Labute approximate surface area is 124 Å². The third kappa shape index (κ3) is 7.82. The lowest BCUT2D eigenvalue weighted by Crippen LogP contribution is -2.25. The molecule has 3 nitrogen and oxygen atoms in total. The lowest BCUT2D eigenvalue weighted by Gasteiger charge is -2.27. The van der Waals surface area contributed by atoms with Crippen LogP contribution in [0, 0.1) is 5.92 Å². The molecule has 1 atom stereocenters. The second-order valence-corrected chi connectivity index (χ2v) is 4.92. The number of hydrogen-bond donors (Lipinski definition) is 0. The Kier molecular flexibility index (Phi) is 10.5. The highest BCUT2D eigenvalue weighted by atomic mass is 16.5. The highest BCUT2D eigenvalue weighted by Gasteiger charge is 2.11. The molecule has 0 aliphatic rings. The van der Waals surface area contributed by atoms with E-state index in [1.807, 2.05) is 12.2 Å². The van der Waals surface area contributed by atoms with Gasteiger partial charge < -0.3 is 9.64 Å². The standard InChI is InChI=1S/C17H29NO2/c1-6-9-16(10-11-17(19)20-5)14-15(4)18(12-7-2)13-8-3/h6,10-11,16H,1,4,7-9,12-14H2,2-3,5H3/b11-10+. The van der Waals surface area contributed by atoms with Crippen molar-refractivity contribution in [1.82, 2.24) is 4.90 Å². The molecule has 20 heavy (non-hydrogen) atoms. The normalized spacial score (nSPS) is 12.2. The lowest BCUT2D eigenvalue weighted by atomic mass is 9.98. The molecule has 0 aromatic carbocycles. The minimum atomic E-state index is -0.316. The van der Waals surface area contributed by atoms with Crippen molar-refractivity contribution in [3.63, 3.8) is 0 Å². The van der Waals surface area contributed by atoms with Crippen molar-refractivity contribution in [2.75, 3.05) is 20.2 Å². The van der Waals surface area contributed by atoms with Crippen molar-refractivity contribution in [1.29, 1.82) is 0 Å². The molecule has 0 aliphatic carbocycles. The molecule has 114 valence electrons. The van der Waals surface area contributed by atoms with Crippen LogP contribution < -0.4 is 0 Å². The van der Waals surface area contributed by atoms with Crippen LogP contribution in [0.15, 0.2) is 37.1 Å². The number of carbonyl (C=O) groups excluding carboxylic acids is 1. The highest BCUT2D eigenvalue weighted by molar-refractivity contribution is 5.81. The fraction of sp³-hybridized carbons (Fsp3) is 0.588. The van der Waals surface area contributed by atoms with E-state index in [1.165, 1.54) is 13.2 Å². The van der Waals surface area contributed by atoms with Gasteiger partial charge in [-0.2, -0.15) is 0 Å². The monoisotopic (exact) mass is 279 g/mol. The van der Waals surface area contributed by atoms with Gasteiger partial charge >= 0.3 is 5.97 Å². The summed E-state index contributed by atoms with van der Waals surface area (Å²) in [6, 6.07) is 0. The second-order valence-electron chi connectivity index (χ2n) is 4.92. The van der Waals surface area contributed by atoms with Crippen LogP contribution in [-0.2, 0) is 9.53 Å². The number of hydrogen-bond acceptors (Lipinski definition) is 3. The zero-order valence-electron chi connectivity index (χ0n) is 13.2. The summed E-state index contributed by atoms with van der Waals surface area (Å²) < 4.78 is 4.62. The van der Waals surface area contributed by atoms with Crippen molar-refractivity contribution < 1.29 is 9.53 Å². The maximum absolute atomic E-state index is 11.2. The van der Waals surface area contributed by atoms with Gasteiger partial charge in [0.05, 0.1) is 7.11 Å². The van der Waals surface area contributed by atoms with Crippen molar-refractivity contribution in [2.45, 2.75) is 39.5 Å². The fourth-order valence-electron chi connectivity index (χ4n) is 2.13. The van der Waals surface area contributed by atoms with Crippen molar-refractivity contribution in [2.24, 2.45) is 5.92 Å². The van der Waals surface area contributed by atoms with Gasteiger partial charge in [0, 0.05) is 24.9 Å². The summed E-state index contributed by atoms with van der Waals surface area (Å²) in [4.78, 5) is 13.5. The van der Waals surface area contributed by atoms with E-state index in [9.17, 15) is 4.79 Å². The van der Waals surface area contributed by atoms with E-state index < -0.39 is 0 Å². The van der Waals surface area contributed by atoms with Crippen LogP contribution in [0.4, 0.5) is 0 Å². The molecule has 3 heteroatoms. The van der Waals surface area contributed by atoms with Gasteiger partial charge in [-0.1, -0.05) is 32.6 Å². The average molecular weight is 279 g/mol. The van der Waals surface area contributed by atoms with E-state index in [0.717, 1.165) is 44.5 Å². The van der Waals surface area contributed by atoms with Crippen LogP contribution in [0.3, 0.4) is 0 Å². The van der Waals surface area contributed by atoms with Crippen LogP contribution in [-0.4, -0.2) is 31.1 Å². The average Bonchev–Trinajstić information content (AvgIpc) is 2.44. The molecule has 0 bridgehead atoms. The minimum Gasteiger partial charge on any atom is -0.466 e. The van der Waals surface area contributed by atoms with Crippen LogP contribution in [0.1, 0.15) is 39.5 Å². The topological polar surface area (TPSA) is 29.5 Å². The van der Waals surface area contributed by atoms with Gasteiger partial charge in [-0.05, 0) is 31.6 Å². The largest absolute Gasteiger partial charge is 0.466 e. The molecule has 0 rings (SSSR count). The molecule has 0 saturated carbocycles. The summed E-state index contributed by atoms with van der Waals surface area (Å²) in [5.41, 5.74) is 1.13. The molecule has 0 radical (unpaired) electrons. The van der Waals surface area contributed by atoms with Crippen molar-refractivity contribution in [3.8, 4) is 0 Å². The Morgan fingerprint density at radius 1 is 1.30 bits per heavy atom. The van der Waals surface area contributed by atoms with Gasteiger partial charge in [-0.25, -0.2) is 4.79 Å². The van der Waals surface area contributed by atoms with Crippen LogP contribution in [0.25, 0.3) is 0 Å². The van der Waals surface area contributed by atoms with Gasteiger partial charge in [0.2, 0.25) is 0 Å². The van der Waals surface area contributed by atoms with E-state index in [4.69, 9.17) is 0 Å². The Hall–Kier alpha value is -1.51. The summed E-state index contributed by atoms with van der Waals surface area (Å²) in [6.45, 7) is 14.4. The first kappa shape index (κ1) is 18.5. The smallest absolute Gasteiger partial charge is 0.330 e. The molecule has 0 aromatic rings. The summed E-state index contributed by atoms with van der Waals surface area (Å²) >= 11 is 0. The molecule has 0 aromatic heterocycles. The van der Waals surface area contributed by atoms with E-state index >= 15 is 0 Å². The van der Waals surface area contributed by atoms with E-state index in [0.29, 0.717) is 0 Å². The first-order chi connectivity index (χ1) is 9.58. The number of carbonyl (C=O) groups is 1. The highest BCUT2D eigenvalue weighted by Crippen LogP contribution is 2.20. The summed E-state index contributed by atoms with van der Waals surface area (Å²) in [5, 5.41) is 0. The molecule has 0 fully saturated rings. The molecular weight excluding hydrogens is 250 g/mol. The molecule has 0 saturated heterocycles. The third-order valence-corrected chi connectivity index (χ3v) is 3.11. The SMILES string of the molecule is C=CCC(/C=C/C(=O)OC)CC(=C)N(CCC)CCC. The van der Waals surface area contributed by atoms with Gasteiger partial charge in [0.15, 0.2) is 0 Å². The van der Waals surface area contributed by atoms with Gasteiger partial charge in [-0.15, -0.1) is 6.58 Å². The maximum Gasteiger partial charge on any atom is 0.330 e. The number of rotatable bonds is 11. The predicted octanol–water partition coefficient (Wildman–Crippen LogP) is 3.93. The zero-order chi connectivity index (χ0) is 15.4. The Morgan fingerprint density at radius 3 is 2.35 bits per heavy atom. The first-order valence-corrected chi connectivity index (χ1v) is 7.38. The molecule has 1 unspecified atom stereocenters. The zero-order valence-corrected chi connectivity index (χ0v) is 13.2. The van der Waals surface area contributed by atoms with Crippen LogP contribution in [0.5, 0.6) is 0 Å². The number of esters is 1. The van der Waals surface area contributed by atoms with E-state index in [2.05, 4.69) is 36.6 Å². The number of nitrogens with zero attached hydrogens (tertiary/aromatic N) is 1. The van der Waals surface area contributed by atoms with E-state index in [1.54, 1.807) is 0 Å². The van der Waals surface area contributed by atoms with E-state index in [-0.39, 0.29) is 11.9 Å². The van der Waals surface area contributed by atoms with Crippen molar-refractivity contribution >= 4 is 5.97 Å². The number of ether oxygens (including phenoxy) is 1. The Balaban J connectivity index is 4.61. The summed E-state index contributed by atoms with van der Waals surface area (Å²) in [5.74, 6) is -0.0704. The Bertz CT molecular complexity index is 328. The summed E-state index contributed by atoms with van der Waals surface area (Å²) in [6.07, 6.45) is 9.17. The fourth-order valence-corrected chi connectivity index (χ4v) is 2.13. The summed E-state index contributed by atoms with van der Waals surface area (Å²) in [7, 11) is 1.39. The molecule has 0 N–H and O–H groups in total. The molecule has 0 spiro atoms. The van der Waals surface area contributed by atoms with Gasteiger partial charge in [0.1, 0.15) is 0 Å². The minimum absolute atomic E-state index is 0.246. The van der Waals surface area contributed by atoms with Gasteiger partial charge in [0.25, 0.3) is 0 Å². The Morgan fingerprint density at radius 2 is 1.90 bits per heavy atom. The second kappa shape index (κ2) is 11.3. The number of allylic oxidation sites excluding steroid dienone is 3.